The van der Waals surface area contributed by atoms with Crippen LogP contribution in [0.5, 0.6) is 0 Å². The number of fused-ring (bicyclic) bond motifs is 4. The number of benzene rings is 6. The predicted octanol–water partition coefficient (Wildman–Crippen LogP) is 7.93. The first kappa shape index (κ1) is 36.9. The van der Waals surface area contributed by atoms with E-state index in [0.29, 0.717) is 10.0 Å². The lowest BCUT2D eigenvalue weighted by molar-refractivity contribution is 0.0979. The molecule has 2 amide bonds. The van der Waals surface area contributed by atoms with Crippen molar-refractivity contribution in [1.82, 2.24) is 10.2 Å². The van der Waals surface area contributed by atoms with Crippen LogP contribution in [0.15, 0.2) is 114 Å². The van der Waals surface area contributed by atoms with Gasteiger partial charge in [0, 0.05) is 43.4 Å². The van der Waals surface area contributed by atoms with Crippen molar-refractivity contribution in [2.75, 3.05) is 22.1 Å². The monoisotopic (exact) mass is 818 g/mol. The van der Waals surface area contributed by atoms with Gasteiger partial charge in [-0.2, -0.15) is 0 Å². The van der Waals surface area contributed by atoms with Crippen LogP contribution in [0.3, 0.4) is 0 Å². The Labute approximate surface area is 343 Å². The van der Waals surface area contributed by atoms with Crippen LogP contribution in [-0.4, -0.2) is 45.1 Å². The second-order valence-electron chi connectivity index (χ2n) is 13.5. The van der Waals surface area contributed by atoms with Crippen molar-refractivity contribution in [1.29, 1.82) is 0 Å². The maximum atomic E-state index is 14.1. The molecule has 0 radical (unpaired) electrons. The second-order valence-corrected chi connectivity index (χ2v) is 14.4. The summed E-state index contributed by atoms with van der Waals surface area (Å²) in [6.45, 7) is 0. The zero-order valence-electron chi connectivity index (χ0n) is 30.1. The fourth-order valence-electron chi connectivity index (χ4n) is 7.22. The standard InChI is InChI=1S/C44H24Cl2N6O7/c45-21-13-9-19(10-14-21)41(57)49-29-17-27(35(47)33-31(29)37(53)23-5-1-3-7-25(23)39(33)55)43-51-52-44(59-43)28-18-30(50-42(58)20-11-15-22(46)16-12-20)32-34(36(28)48)40(56)26-8-4-2-6-24(26)38(32)54/h1-18H,47-48H2,(H,49,57)(H,50,58). The summed E-state index contributed by atoms with van der Waals surface area (Å²) >= 11 is 12.1. The number of nitrogens with zero attached hydrogens (tertiary/aromatic N) is 2. The van der Waals surface area contributed by atoms with Gasteiger partial charge in [-0.1, -0.05) is 71.7 Å². The molecule has 1 heterocycles. The van der Waals surface area contributed by atoms with Gasteiger partial charge in [0.25, 0.3) is 11.8 Å². The summed E-state index contributed by atoms with van der Waals surface area (Å²) in [7, 11) is 0. The van der Waals surface area contributed by atoms with Crippen LogP contribution in [-0.2, 0) is 0 Å². The minimum Gasteiger partial charge on any atom is -0.416 e. The maximum absolute atomic E-state index is 14.1. The first-order valence-corrected chi connectivity index (χ1v) is 18.4. The van der Waals surface area contributed by atoms with Crippen LogP contribution in [0.2, 0.25) is 10.0 Å². The Hall–Kier alpha value is -7.74. The van der Waals surface area contributed by atoms with E-state index in [2.05, 4.69) is 20.8 Å². The number of nitrogens with two attached hydrogens (primary N) is 2. The Morgan fingerprint density at radius 1 is 0.475 bits per heavy atom. The summed E-state index contributed by atoms with van der Waals surface area (Å²) < 4.78 is 6.15. The molecule has 286 valence electrons. The first-order valence-electron chi connectivity index (χ1n) is 17.7. The third-order valence-electron chi connectivity index (χ3n) is 10.1. The van der Waals surface area contributed by atoms with Crippen LogP contribution < -0.4 is 22.1 Å². The zero-order valence-corrected chi connectivity index (χ0v) is 31.6. The van der Waals surface area contributed by atoms with Crippen molar-refractivity contribution in [3.05, 3.63) is 175 Å². The van der Waals surface area contributed by atoms with E-state index in [4.69, 9.17) is 39.1 Å². The highest BCUT2D eigenvalue weighted by Crippen LogP contribution is 2.44. The summed E-state index contributed by atoms with van der Waals surface area (Å²) in [5.74, 6) is -4.05. The normalized spacial score (nSPS) is 12.6. The molecule has 0 saturated carbocycles. The zero-order chi connectivity index (χ0) is 41.3. The Morgan fingerprint density at radius 3 is 1.14 bits per heavy atom. The van der Waals surface area contributed by atoms with Gasteiger partial charge in [0.1, 0.15) is 0 Å². The highest BCUT2D eigenvalue weighted by Gasteiger charge is 2.38. The van der Waals surface area contributed by atoms with Gasteiger partial charge < -0.3 is 26.5 Å². The van der Waals surface area contributed by atoms with E-state index < -0.39 is 34.9 Å². The lowest BCUT2D eigenvalue weighted by Gasteiger charge is -2.23. The molecule has 2 aliphatic carbocycles. The summed E-state index contributed by atoms with van der Waals surface area (Å²) in [5.41, 5.74) is 13.0. The first-order chi connectivity index (χ1) is 28.4. The molecule has 0 fully saturated rings. The lowest BCUT2D eigenvalue weighted by atomic mass is 9.81. The number of aromatic nitrogens is 2. The van der Waals surface area contributed by atoms with Crippen molar-refractivity contribution in [2.24, 2.45) is 0 Å². The number of halogens is 2. The number of nitrogens with one attached hydrogen (secondary N) is 2. The van der Waals surface area contributed by atoms with Crippen LogP contribution >= 0.6 is 23.2 Å². The number of amides is 2. The molecule has 7 aromatic rings. The van der Waals surface area contributed by atoms with Crippen LogP contribution in [0.1, 0.15) is 84.4 Å². The van der Waals surface area contributed by atoms with Gasteiger partial charge >= 0.3 is 0 Å². The molecule has 6 N–H and O–H groups in total. The molecule has 6 aromatic carbocycles. The number of carbonyl (C=O) groups excluding carboxylic acids is 6. The highest BCUT2D eigenvalue weighted by atomic mass is 35.5. The topological polar surface area (TPSA) is 217 Å². The smallest absolute Gasteiger partial charge is 0.255 e. The van der Waals surface area contributed by atoms with Crippen molar-refractivity contribution >= 4 is 80.9 Å². The fourth-order valence-corrected chi connectivity index (χ4v) is 7.47. The van der Waals surface area contributed by atoms with Crippen LogP contribution in [0.25, 0.3) is 22.9 Å². The molecule has 13 nitrogen and oxygen atoms in total. The van der Waals surface area contributed by atoms with Crippen LogP contribution in [0, 0.1) is 0 Å². The minimum atomic E-state index is -0.624. The molecule has 0 saturated heterocycles. The second kappa shape index (κ2) is 14.0. The number of hydrogen-bond donors (Lipinski definition) is 4. The van der Waals surface area contributed by atoms with Crippen LogP contribution in [0.4, 0.5) is 22.7 Å². The van der Waals surface area contributed by atoms with Crippen molar-refractivity contribution in [3.8, 4) is 22.9 Å². The predicted molar refractivity (Wildman–Crippen MR) is 219 cm³/mol. The third-order valence-corrected chi connectivity index (χ3v) is 10.6. The molecule has 0 atom stereocenters. The number of rotatable bonds is 6. The SMILES string of the molecule is Nc1c(-c2nnc(-c3cc(NC(=O)c4ccc(Cl)cc4)c4c(c3N)C(=O)c3ccccc3C4=O)o2)cc(NC(=O)c2ccc(Cl)cc2)c2c1C(=O)c1ccccc1C2=O. The van der Waals surface area contributed by atoms with Crippen molar-refractivity contribution < 1.29 is 33.2 Å². The third kappa shape index (κ3) is 6.04. The van der Waals surface area contributed by atoms with E-state index >= 15 is 0 Å². The molecule has 59 heavy (non-hydrogen) atoms. The van der Waals surface area contributed by atoms with E-state index in [1.54, 1.807) is 24.3 Å². The van der Waals surface area contributed by atoms with Gasteiger partial charge in [-0.25, -0.2) is 0 Å². The van der Waals surface area contributed by atoms with E-state index in [0.717, 1.165) is 0 Å². The molecule has 9 rings (SSSR count). The Kier molecular flexibility index (Phi) is 8.76. The molecule has 15 heteroatoms. The molecular weight excluding hydrogens is 795 g/mol. The average molecular weight is 820 g/mol. The largest absolute Gasteiger partial charge is 0.416 e. The maximum Gasteiger partial charge on any atom is 0.255 e. The van der Waals surface area contributed by atoms with Crippen molar-refractivity contribution in [3.63, 3.8) is 0 Å². The fraction of sp³-hybridized carbons (Fsp3) is 0. The highest BCUT2D eigenvalue weighted by molar-refractivity contribution is 6.35. The Balaban J connectivity index is 1.19. The summed E-state index contributed by atoms with van der Waals surface area (Å²) in [6, 6.07) is 27.1. The Bertz CT molecular complexity index is 2850. The molecule has 2 aliphatic rings. The molecule has 0 bridgehead atoms. The number of hydrogen-bond acceptors (Lipinski definition) is 11. The molecule has 0 spiro atoms. The molecule has 0 unspecified atom stereocenters. The number of nitrogen functional groups attached to an aromatic ring is 2. The molecule has 0 aliphatic heterocycles. The van der Waals surface area contributed by atoms with Gasteiger partial charge in [-0.05, 0) is 60.7 Å². The average Bonchev–Trinajstić information content (AvgIpc) is 3.73. The number of ketones is 4. The summed E-state index contributed by atoms with van der Waals surface area (Å²) in [4.78, 5) is 83.2. The van der Waals surface area contributed by atoms with Gasteiger partial charge in [-0.15, -0.1) is 10.2 Å². The van der Waals surface area contributed by atoms with E-state index in [9.17, 15) is 28.8 Å². The number of anilines is 4. The van der Waals surface area contributed by atoms with Gasteiger partial charge in [0.15, 0.2) is 23.1 Å². The van der Waals surface area contributed by atoms with Gasteiger partial charge in [0.2, 0.25) is 11.8 Å². The summed E-state index contributed by atoms with van der Waals surface area (Å²) in [5, 5.41) is 14.6. The van der Waals surface area contributed by atoms with Gasteiger partial charge in [0.05, 0.1) is 56.1 Å². The lowest BCUT2D eigenvalue weighted by Crippen LogP contribution is -2.25. The summed E-state index contributed by atoms with van der Waals surface area (Å²) in [6.07, 6.45) is 0. The minimum absolute atomic E-state index is 0.0255. The van der Waals surface area contributed by atoms with Crippen molar-refractivity contribution in [2.45, 2.75) is 0 Å². The quantitative estimate of drug-likeness (QED) is 0.118. The van der Waals surface area contributed by atoms with E-state index in [1.165, 1.54) is 84.9 Å². The number of carbonyl (C=O) groups is 6. The van der Waals surface area contributed by atoms with E-state index in [1.807, 2.05) is 0 Å². The van der Waals surface area contributed by atoms with Gasteiger partial charge in [-0.3, -0.25) is 28.8 Å². The Morgan fingerprint density at radius 2 is 0.797 bits per heavy atom. The molecular formula is C44H24Cl2N6O7. The van der Waals surface area contributed by atoms with E-state index in [-0.39, 0.29) is 101 Å². The molecule has 1 aromatic heterocycles.